The van der Waals surface area contributed by atoms with Crippen molar-refractivity contribution >= 4 is 23.5 Å². The molecular weight excluding hydrogens is 499 g/mol. The number of aromatic nitrogens is 4. The molecule has 0 radical (unpaired) electrons. The first-order chi connectivity index (χ1) is 18.9. The predicted octanol–water partition coefficient (Wildman–Crippen LogP) is 4.24. The monoisotopic (exact) mass is 528 g/mol. The molecule has 9 nitrogen and oxygen atoms in total. The molecule has 10 heteroatoms. The largest absolute Gasteiger partial charge is 0.496 e. The Morgan fingerprint density at radius 2 is 1.85 bits per heavy atom. The summed E-state index contributed by atoms with van der Waals surface area (Å²) in [6.45, 7) is 0.251. The van der Waals surface area contributed by atoms with Crippen molar-refractivity contribution in [1.29, 1.82) is 0 Å². The van der Waals surface area contributed by atoms with Crippen LogP contribution in [-0.4, -0.2) is 38.9 Å². The van der Waals surface area contributed by atoms with Crippen LogP contribution in [-0.2, 0) is 16.8 Å². The molecule has 2 aromatic carbocycles. The molecule has 3 fully saturated rings. The van der Waals surface area contributed by atoms with E-state index in [4.69, 9.17) is 15.5 Å². The van der Waals surface area contributed by atoms with E-state index in [0.29, 0.717) is 22.8 Å². The maximum absolute atomic E-state index is 13.7. The van der Waals surface area contributed by atoms with Gasteiger partial charge in [-0.2, -0.15) is 5.10 Å². The predicted molar refractivity (Wildman–Crippen MR) is 143 cm³/mol. The van der Waals surface area contributed by atoms with Crippen LogP contribution in [0, 0.1) is 11.2 Å². The number of benzene rings is 2. The number of carbonyl (C=O) groups excluding carboxylic acids is 2. The molecule has 2 heterocycles. The first kappa shape index (κ1) is 25.0. The smallest absolute Gasteiger partial charge is 0.255 e. The third kappa shape index (κ3) is 4.20. The quantitative estimate of drug-likeness (QED) is 0.344. The van der Waals surface area contributed by atoms with Crippen molar-refractivity contribution in [3.05, 3.63) is 71.6 Å². The van der Waals surface area contributed by atoms with E-state index in [1.54, 1.807) is 0 Å². The SMILES string of the molecule is COc1ccc(F)cc1C(=O)NCc1ccc(-c2nc(C34CCC(C=O)(CC3)CC4)n3ncnc(N)c23)cc1. The normalized spacial score (nSPS) is 22.1. The molecule has 0 unspecified atom stereocenters. The van der Waals surface area contributed by atoms with Crippen LogP contribution in [0.2, 0.25) is 0 Å². The molecule has 1 amide bonds. The second-order valence-electron chi connectivity index (χ2n) is 10.7. The molecular formula is C29H29FN6O3. The fourth-order valence-electron chi connectivity index (χ4n) is 6.14. The number of fused-ring (bicyclic) bond motifs is 4. The van der Waals surface area contributed by atoms with Gasteiger partial charge in [0, 0.05) is 22.9 Å². The number of methoxy groups -OCH3 is 1. The van der Waals surface area contributed by atoms with E-state index in [1.165, 1.54) is 25.6 Å². The number of halogens is 1. The molecule has 2 bridgehead atoms. The molecule has 4 aromatic rings. The summed E-state index contributed by atoms with van der Waals surface area (Å²) >= 11 is 0. The molecule has 0 saturated heterocycles. The highest BCUT2D eigenvalue weighted by Gasteiger charge is 2.51. The summed E-state index contributed by atoms with van der Waals surface area (Å²) in [5.74, 6) is 0.594. The van der Waals surface area contributed by atoms with E-state index >= 15 is 0 Å². The topological polar surface area (TPSA) is 124 Å². The van der Waals surface area contributed by atoms with Gasteiger partial charge in [0.15, 0.2) is 5.82 Å². The van der Waals surface area contributed by atoms with Crippen molar-refractivity contribution in [2.75, 3.05) is 12.8 Å². The van der Waals surface area contributed by atoms with E-state index in [0.717, 1.165) is 67.8 Å². The van der Waals surface area contributed by atoms with E-state index in [1.807, 2.05) is 28.8 Å². The number of ether oxygens (including phenoxy) is 1. The Balaban J connectivity index is 1.27. The highest BCUT2D eigenvalue weighted by molar-refractivity contribution is 5.97. The molecule has 7 rings (SSSR count). The third-order valence-electron chi connectivity index (χ3n) is 8.58. The molecule has 0 aliphatic heterocycles. The maximum atomic E-state index is 13.7. The molecule has 39 heavy (non-hydrogen) atoms. The number of anilines is 1. The van der Waals surface area contributed by atoms with Gasteiger partial charge in [-0.1, -0.05) is 24.3 Å². The van der Waals surface area contributed by atoms with Crippen molar-refractivity contribution in [1.82, 2.24) is 24.9 Å². The van der Waals surface area contributed by atoms with Gasteiger partial charge in [-0.3, -0.25) is 4.79 Å². The lowest BCUT2D eigenvalue weighted by atomic mass is 9.54. The first-order valence-electron chi connectivity index (χ1n) is 13.0. The number of aldehydes is 1. The van der Waals surface area contributed by atoms with Crippen molar-refractivity contribution in [3.8, 4) is 17.0 Å². The fourth-order valence-corrected chi connectivity index (χ4v) is 6.14. The highest BCUT2D eigenvalue weighted by atomic mass is 19.1. The Morgan fingerprint density at radius 1 is 1.13 bits per heavy atom. The van der Waals surface area contributed by atoms with Gasteiger partial charge in [0.05, 0.1) is 12.7 Å². The van der Waals surface area contributed by atoms with E-state index < -0.39 is 11.7 Å². The highest BCUT2D eigenvalue weighted by Crippen LogP contribution is 2.57. The van der Waals surface area contributed by atoms with Gasteiger partial charge in [0.1, 0.15) is 41.2 Å². The van der Waals surface area contributed by atoms with Crippen LogP contribution < -0.4 is 15.8 Å². The number of rotatable bonds is 7. The zero-order valence-corrected chi connectivity index (χ0v) is 21.6. The molecule has 0 spiro atoms. The van der Waals surface area contributed by atoms with Crippen LogP contribution >= 0.6 is 0 Å². The van der Waals surface area contributed by atoms with Crippen molar-refractivity contribution in [2.45, 2.75) is 50.5 Å². The zero-order chi connectivity index (χ0) is 27.2. The Morgan fingerprint density at radius 3 is 2.51 bits per heavy atom. The standard InChI is InChI=1S/C29H29FN6O3/c1-39-22-7-6-20(30)14-21(22)26(38)32-15-18-2-4-19(5-3-18)23-24-25(31)33-17-34-36(24)27(35-23)29-11-8-28(16-37,9-12-29)10-13-29/h2-7,14,16-17H,8-13,15H2,1H3,(H,32,38)(H2,31,33,34). The third-order valence-corrected chi connectivity index (χ3v) is 8.58. The molecule has 2 aromatic heterocycles. The zero-order valence-electron chi connectivity index (χ0n) is 21.6. The molecule has 200 valence electrons. The Bertz CT molecular complexity index is 1560. The summed E-state index contributed by atoms with van der Waals surface area (Å²) in [5.41, 5.74) is 9.22. The number of carbonyl (C=O) groups is 2. The summed E-state index contributed by atoms with van der Waals surface area (Å²) in [6, 6.07) is 11.5. The second-order valence-corrected chi connectivity index (χ2v) is 10.7. The van der Waals surface area contributed by atoms with Gasteiger partial charge in [-0.15, -0.1) is 0 Å². The summed E-state index contributed by atoms with van der Waals surface area (Å²) in [4.78, 5) is 33.7. The first-order valence-corrected chi connectivity index (χ1v) is 13.0. The number of nitrogens with two attached hydrogens (primary N) is 1. The lowest BCUT2D eigenvalue weighted by molar-refractivity contribution is -0.122. The Hall–Kier alpha value is -4.34. The number of nitrogens with zero attached hydrogens (tertiary/aromatic N) is 4. The van der Waals surface area contributed by atoms with Crippen LogP contribution in [0.1, 0.15) is 60.3 Å². The molecule has 3 aliphatic rings. The second kappa shape index (κ2) is 9.44. The van der Waals surface area contributed by atoms with Crippen LogP contribution in [0.15, 0.2) is 48.8 Å². The van der Waals surface area contributed by atoms with Crippen molar-refractivity contribution in [2.24, 2.45) is 5.41 Å². The molecule has 3 N–H and O–H groups in total. The van der Waals surface area contributed by atoms with Gasteiger partial charge >= 0.3 is 0 Å². The van der Waals surface area contributed by atoms with Crippen LogP contribution in [0.5, 0.6) is 5.75 Å². The Kier molecular flexibility index (Phi) is 6.05. The van der Waals surface area contributed by atoms with Crippen molar-refractivity contribution in [3.63, 3.8) is 0 Å². The number of nitrogen functional groups attached to an aromatic ring is 1. The number of nitrogens with one attached hydrogen (secondary N) is 1. The number of imidazole rings is 1. The summed E-state index contributed by atoms with van der Waals surface area (Å²) in [6.07, 6.45) is 7.88. The lowest BCUT2D eigenvalue weighted by Crippen LogP contribution is -2.46. The van der Waals surface area contributed by atoms with Gasteiger partial charge in [-0.25, -0.2) is 18.9 Å². The maximum Gasteiger partial charge on any atom is 0.255 e. The minimum atomic E-state index is -0.510. The van der Waals surface area contributed by atoms with Gasteiger partial charge in [-0.05, 0) is 62.3 Å². The Labute approximate surface area is 224 Å². The number of amides is 1. The molecule has 0 atom stereocenters. The van der Waals surface area contributed by atoms with E-state index in [9.17, 15) is 14.0 Å². The summed E-state index contributed by atoms with van der Waals surface area (Å²) < 4.78 is 20.7. The minimum Gasteiger partial charge on any atom is -0.496 e. The average Bonchev–Trinajstić information content (AvgIpc) is 3.39. The van der Waals surface area contributed by atoms with E-state index in [-0.39, 0.29) is 22.9 Å². The molecule has 3 aliphatic carbocycles. The average molecular weight is 529 g/mol. The molecule has 3 saturated carbocycles. The van der Waals surface area contributed by atoms with Crippen LogP contribution in [0.4, 0.5) is 10.2 Å². The summed E-state index contributed by atoms with van der Waals surface area (Å²) in [5, 5.41) is 7.35. The van der Waals surface area contributed by atoms with E-state index in [2.05, 4.69) is 15.4 Å². The van der Waals surface area contributed by atoms with Crippen LogP contribution in [0.3, 0.4) is 0 Å². The van der Waals surface area contributed by atoms with Gasteiger partial charge in [0.25, 0.3) is 5.91 Å². The minimum absolute atomic E-state index is 0.136. The number of hydrogen-bond acceptors (Lipinski definition) is 7. The lowest BCUT2D eigenvalue weighted by Gasteiger charge is -2.50. The summed E-state index contributed by atoms with van der Waals surface area (Å²) in [7, 11) is 1.44. The fraction of sp³-hybridized carbons (Fsp3) is 0.345. The van der Waals surface area contributed by atoms with Crippen molar-refractivity contribution < 1.29 is 18.7 Å². The van der Waals surface area contributed by atoms with Gasteiger partial charge in [0.2, 0.25) is 0 Å². The van der Waals surface area contributed by atoms with Crippen LogP contribution in [0.25, 0.3) is 16.8 Å². The van der Waals surface area contributed by atoms with Gasteiger partial charge < -0.3 is 20.6 Å². The number of hydrogen-bond donors (Lipinski definition) is 2.